The molecule has 2 aromatic rings. The number of carbonyl (C=O) groups excluding carboxylic acids is 1. The second-order valence-electron chi connectivity index (χ2n) is 5.61. The molecule has 0 aliphatic heterocycles. The highest BCUT2D eigenvalue weighted by molar-refractivity contribution is 5.97. The number of nitrogens with one attached hydrogen (secondary N) is 1. The summed E-state index contributed by atoms with van der Waals surface area (Å²) in [6.45, 7) is 0.428. The van der Waals surface area contributed by atoms with Crippen LogP contribution in [0.4, 0.5) is 0 Å². The van der Waals surface area contributed by atoms with E-state index in [4.69, 9.17) is 23.7 Å². The summed E-state index contributed by atoms with van der Waals surface area (Å²) in [5, 5.41) is 2.89. The first kappa shape index (κ1) is 20.2. The molecular weight excluding hydrogens is 350 g/mol. The van der Waals surface area contributed by atoms with Gasteiger partial charge in [0.2, 0.25) is 5.75 Å². The molecule has 0 spiro atoms. The zero-order valence-corrected chi connectivity index (χ0v) is 16.3. The Hall–Kier alpha value is -3.09. The number of methoxy groups -OCH3 is 5. The van der Waals surface area contributed by atoms with Gasteiger partial charge >= 0.3 is 0 Å². The summed E-state index contributed by atoms with van der Waals surface area (Å²) in [6.07, 6.45) is 0.592. The van der Waals surface area contributed by atoms with Crippen LogP contribution in [0.3, 0.4) is 0 Å². The molecule has 0 saturated carbocycles. The van der Waals surface area contributed by atoms with Crippen molar-refractivity contribution < 1.29 is 28.5 Å². The Bertz CT molecular complexity index is 765. The van der Waals surface area contributed by atoms with E-state index in [1.807, 2.05) is 12.1 Å². The summed E-state index contributed by atoms with van der Waals surface area (Å²) in [5.74, 6) is 2.53. The summed E-state index contributed by atoms with van der Waals surface area (Å²) < 4.78 is 26.4. The third-order valence-corrected chi connectivity index (χ3v) is 4.08. The molecule has 0 aromatic heterocycles. The lowest BCUT2D eigenvalue weighted by molar-refractivity contribution is 0.0950. The van der Waals surface area contributed by atoms with Crippen LogP contribution in [0.5, 0.6) is 28.7 Å². The fraction of sp³-hybridized carbons (Fsp3) is 0.350. The van der Waals surface area contributed by atoms with E-state index >= 15 is 0 Å². The molecule has 2 rings (SSSR count). The number of rotatable bonds is 9. The summed E-state index contributed by atoms with van der Waals surface area (Å²) in [6, 6.07) is 8.81. The number of carbonyl (C=O) groups is 1. The monoisotopic (exact) mass is 375 g/mol. The molecule has 0 saturated heterocycles. The van der Waals surface area contributed by atoms with E-state index in [0.717, 1.165) is 5.56 Å². The van der Waals surface area contributed by atoms with Gasteiger partial charge in [0, 0.05) is 6.54 Å². The number of hydrogen-bond donors (Lipinski definition) is 1. The lowest BCUT2D eigenvalue weighted by atomic mass is 10.1. The molecule has 0 bridgehead atoms. The van der Waals surface area contributed by atoms with Crippen molar-refractivity contribution in [2.24, 2.45) is 0 Å². The van der Waals surface area contributed by atoms with Crippen LogP contribution in [0, 0.1) is 0 Å². The maximum atomic E-state index is 12.5. The van der Waals surface area contributed by atoms with Gasteiger partial charge in [-0.25, -0.2) is 0 Å². The fourth-order valence-corrected chi connectivity index (χ4v) is 2.69. The topological polar surface area (TPSA) is 75.3 Å². The highest BCUT2D eigenvalue weighted by atomic mass is 16.5. The molecular formula is C20H25NO6. The van der Waals surface area contributed by atoms with Gasteiger partial charge in [-0.05, 0) is 42.3 Å². The molecule has 1 N–H and O–H groups in total. The molecule has 0 unspecified atom stereocenters. The molecule has 0 fully saturated rings. The minimum Gasteiger partial charge on any atom is -0.497 e. The van der Waals surface area contributed by atoms with Crippen molar-refractivity contribution in [2.75, 3.05) is 42.1 Å². The van der Waals surface area contributed by atoms with Gasteiger partial charge < -0.3 is 29.0 Å². The van der Waals surface area contributed by atoms with Gasteiger partial charge in [-0.15, -0.1) is 0 Å². The number of benzene rings is 2. The molecule has 0 aliphatic carbocycles. The van der Waals surface area contributed by atoms with Gasteiger partial charge in [-0.1, -0.05) is 0 Å². The predicted molar refractivity (Wildman–Crippen MR) is 102 cm³/mol. The minimum absolute atomic E-state index is 0.238. The van der Waals surface area contributed by atoms with Crippen molar-refractivity contribution in [1.82, 2.24) is 5.32 Å². The molecule has 0 heterocycles. The molecule has 1 amide bonds. The van der Waals surface area contributed by atoms with Crippen LogP contribution < -0.4 is 29.0 Å². The molecule has 0 radical (unpaired) electrons. The zero-order chi connectivity index (χ0) is 19.8. The van der Waals surface area contributed by atoms with Gasteiger partial charge in [0.05, 0.1) is 41.1 Å². The lowest BCUT2D eigenvalue weighted by Gasteiger charge is -2.14. The maximum Gasteiger partial charge on any atom is 0.255 e. The number of amides is 1. The van der Waals surface area contributed by atoms with E-state index in [0.29, 0.717) is 47.3 Å². The van der Waals surface area contributed by atoms with E-state index in [9.17, 15) is 4.79 Å². The molecule has 146 valence electrons. The standard InChI is InChI=1S/C20H25NO6/c1-23-14-6-7-16(24-2)15(12-14)20(22)21-9-8-13-10-17(25-3)19(27-5)18(11-13)26-4/h6-7,10-12H,8-9H2,1-5H3,(H,21,22). The largest absolute Gasteiger partial charge is 0.497 e. The van der Waals surface area contributed by atoms with Crippen molar-refractivity contribution in [3.63, 3.8) is 0 Å². The molecule has 27 heavy (non-hydrogen) atoms. The quantitative estimate of drug-likeness (QED) is 0.726. The van der Waals surface area contributed by atoms with Crippen LogP contribution in [0.2, 0.25) is 0 Å². The van der Waals surface area contributed by atoms with Gasteiger partial charge in [0.1, 0.15) is 11.5 Å². The molecule has 0 atom stereocenters. The van der Waals surface area contributed by atoms with Crippen LogP contribution in [0.25, 0.3) is 0 Å². The number of hydrogen-bond acceptors (Lipinski definition) is 6. The Labute approximate surface area is 159 Å². The Morgan fingerprint density at radius 2 is 1.44 bits per heavy atom. The third kappa shape index (κ3) is 4.75. The highest BCUT2D eigenvalue weighted by Crippen LogP contribution is 2.38. The van der Waals surface area contributed by atoms with Gasteiger partial charge in [0.15, 0.2) is 11.5 Å². The van der Waals surface area contributed by atoms with Crippen molar-refractivity contribution in [1.29, 1.82) is 0 Å². The first-order valence-electron chi connectivity index (χ1n) is 8.37. The SMILES string of the molecule is COc1ccc(OC)c(C(=O)NCCc2cc(OC)c(OC)c(OC)c2)c1. The van der Waals surface area contributed by atoms with Crippen LogP contribution in [0.1, 0.15) is 15.9 Å². The van der Waals surface area contributed by atoms with Crippen LogP contribution in [-0.4, -0.2) is 48.0 Å². The zero-order valence-electron chi connectivity index (χ0n) is 16.3. The Morgan fingerprint density at radius 1 is 0.815 bits per heavy atom. The Kier molecular flexibility index (Phi) is 7.16. The molecule has 7 nitrogen and oxygen atoms in total. The summed E-state index contributed by atoms with van der Waals surface area (Å²) in [4.78, 5) is 12.5. The van der Waals surface area contributed by atoms with Crippen LogP contribution >= 0.6 is 0 Å². The van der Waals surface area contributed by atoms with E-state index < -0.39 is 0 Å². The van der Waals surface area contributed by atoms with E-state index in [-0.39, 0.29) is 5.91 Å². The van der Waals surface area contributed by atoms with Crippen molar-refractivity contribution in [3.8, 4) is 28.7 Å². The van der Waals surface area contributed by atoms with Crippen LogP contribution in [-0.2, 0) is 6.42 Å². The number of ether oxygens (including phenoxy) is 5. The fourth-order valence-electron chi connectivity index (χ4n) is 2.69. The average molecular weight is 375 g/mol. The second-order valence-corrected chi connectivity index (χ2v) is 5.61. The highest BCUT2D eigenvalue weighted by Gasteiger charge is 2.15. The van der Waals surface area contributed by atoms with Crippen molar-refractivity contribution in [2.45, 2.75) is 6.42 Å². The second kappa shape index (κ2) is 9.56. The summed E-state index contributed by atoms with van der Waals surface area (Å²) >= 11 is 0. The first-order valence-corrected chi connectivity index (χ1v) is 8.37. The predicted octanol–water partition coefficient (Wildman–Crippen LogP) is 2.70. The van der Waals surface area contributed by atoms with Gasteiger partial charge in [0.25, 0.3) is 5.91 Å². The average Bonchev–Trinajstić information content (AvgIpc) is 2.72. The van der Waals surface area contributed by atoms with Gasteiger partial charge in [-0.3, -0.25) is 4.79 Å². The Morgan fingerprint density at radius 3 is 1.96 bits per heavy atom. The molecule has 7 heteroatoms. The lowest BCUT2D eigenvalue weighted by Crippen LogP contribution is -2.26. The summed E-state index contributed by atoms with van der Waals surface area (Å²) in [5.41, 5.74) is 1.36. The minimum atomic E-state index is -0.238. The van der Waals surface area contributed by atoms with E-state index in [2.05, 4.69) is 5.32 Å². The van der Waals surface area contributed by atoms with Crippen molar-refractivity contribution >= 4 is 5.91 Å². The molecule has 0 aliphatic rings. The van der Waals surface area contributed by atoms with E-state index in [1.54, 1.807) is 46.6 Å². The third-order valence-electron chi connectivity index (χ3n) is 4.08. The van der Waals surface area contributed by atoms with Crippen molar-refractivity contribution in [3.05, 3.63) is 41.5 Å². The van der Waals surface area contributed by atoms with Gasteiger partial charge in [-0.2, -0.15) is 0 Å². The molecule has 2 aromatic carbocycles. The normalized spacial score (nSPS) is 10.1. The summed E-state index contributed by atoms with van der Waals surface area (Å²) in [7, 11) is 7.76. The maximum absolute atomic E-state index is 12.5. The van der Waals surface area contributed by atoms with Crippen LogP contribution in [0.15, 0.2) is 30.3 Å². The smallest absolute Gasteiger partial charge is 0.255 e. The van der Waals surface area contributed by atoms with E-state index in [1.165, 1.54) is 7.11 Å². The first-order chi connectivity index (χ1) is 13.1. The Balaban J connectivity index is 2.09.